The summed E-state index contributed by atoms with van der Waals surface area (Å²) in [6.45, 7) is 2.87. The van der Waals surface area contributed by atoms with Crippen molar-refractivity contribution in [3.05, 3.63) is 90.0 Å². The molecule has 1 aliphatic heterocycles. The molecule has 3 atom stereocenters. The van der Waals surface area contributed by atoms with Crippen LogP contribution in [-0.4, -0.2) is 22.0 Å². The van der Waals surface area contributed by atoms with Crippen LogP contribution in [0.5, 0.6) is 11.5 Å². The number of benzene rings is 3. The molecule has 0 aliphatic carbocycles. The summed E-state index contributed by atoms with van der Waals surface area (Å²) >= 11 is 0. The molecule has 0 saturated carbocycles. The third kappa shape index (κ3) is 4.18. The van der Waals surface area contributed by atoms with Gasteiger partial charge >= 0.3 is 5.97 Å². The van der Waals surface area contributed by atoms with Crippen LogP contribution < -0.4 is 15.5 Å². The number of hydrogen-bond acceptors (Lipinski definition) is 5. The van der Waals surface area contributed by atoms with E-state index in [4.69, 9.17) is 4.74 Å². The van der Waals surface area contributed by atoms with E-state index < -0.39 is 19.7 Å². The lowest BCUT2D eigenvalue weighted by atomic mass is 10.2. The zero-order chi connectivity index (χ0) is 22.0. The Kier molecular flexibility index (Phi) is 6.03. The molecule has 1 aliphatic rings. The number of phenols is 1. The van der Waals surface area contributed by atoms with Crippen LogP contribution in [0.15, 0.2) is 78.9 Å². The summed E-state index contributed by atoms with van der Waals surface area (Å²) < 4.78 is 5.48. The first kappa shape index (κ1) is 21.0. The highest BCUT2D eigenvalue weighted by Crippen LogP contribution is 2.66. The Morgan fingerprint density at radius 1 is 0.903 bits per heavy atom. The molecule has 3 aromatic rings. The average Bonchev–Trinajstić information content (AvgIpc) is 3.15. The fourth-order valence-corrected chi connectivity index (χ4v) is 6.99. The predicted octanol–water partition coefficient (Wildman–Crippen LogP) is 4.19. The Morgan fingerprint density at radius 3 is 2.16 bits per heavy atom. The molecule has 158 valence electrons. The smallest absolute Gasteiger partial charge is 0.308 e. The first-order valence-corrected chi connectivity index (χ1v) is 11.4. The van der Waals surface area contributed by atoms with Crippen LogP contribution in [0.25, 0.3) is 0 Å². The molecule has 1 saturated heterocycles. The number of nitrogens with one attached hydrogen (secondary N) is 1. The van der Waals surface area contributed by atoms with Gasteiger partial charge in [-0.05, 0) is 25.4 Å². The van der Waals surface area contributed by atoms with Gasteiger partial charge in [-0.1, -0.05) is 66.7 Å². The minimum Gasteiger partial charge on any atom is -0.508 e. The molecule has 2 N–H and O–H groups in total. The van der Waals surface area contributed by atoms with Crippen molar-refractivity contribution in [2.24, 2.45) is 0 Å². The molecule has 1 heterocycles. The summed E-state index contributed by atoms with van der Waals surface area (Å²) in [5, 5.41) is 13.3. The van der Waals surface area contributed by atoms with E-state index >= 15 is 0 Å². The van der Waals surface area contributed by atoms with Crippen LogP contribution >= 0.6 is 7.92 Å². The quantitative estimate of drug-likeness (QED) is 0.366. The topological polar surface area (TPSA) is 78.9 Å². The molecule has 3 aromatic carbocycles. The molecular formula is C24H23N2O4P. The Balaban J connectivity index is 1.91. The van der Waals surface area contributed by atoms with E-state index in [1.807, 2.05) is 60.7 Å². The van der Waals surface area contributed by atoms with E-state index in [1.165, 1.54) is 13.8 Å². The van der Waals surface area contributed by atoms with Gasteiger partial charge in [0.05, 0.1) is 5.78 Å². The van der Waals surface area contributed by atoms with Crippen molar-refractivity contribution in [3.8, 4) is 11.5 Å². The summed E-state index contributed by atoms with van der Waals surface area (Å²) in [6.07, 6.45) is 0. The molecule has 0 bridgehead atoms. The zero-order valence-corrected chi connectivity index (χ0v) is 18.1. The maximum Gasteiger partial charge on any atom is 0.308 e. The van der Waals surface area contributed by atoms with Gasteiger partial charge in [0.15, 0.2) is 0 Å². The van der Waals surface area contributed by atoms with Crippen molar-refractivity contribution >= 4 is 25.1 Å². The standard InChI is InChI=1S/C24H23N2O4P/c1-16(27)26-24(19-12-6-8-14-21(19)29)31(18-10-4-3-5-11-18)23(25-26)20-13-7-9-15-22(20)30-17(2)28/h3-15,23-25,29H,1-2H3/t23?,24-,31-/m0/s1. The van der Waals surface area contributed by atoms with Crippen molar-refractivity contribution in [3.63, 3.8) is 0 Å². The highest BCUT2D eigenvalue weighted by atomic mass is 31.1. The number of rotatable bonds is 4. The number of nitrogens with zero attached hydrogens (tertiary/aromatic N) is 1. The van der Waals surface area contributed by atoms with E-state index in [1.54, 1.807) is 23.2 Å². The average molecular weight is 434 g/mol. The van der Waals surface area contributed by atoms with Crippen molar-refractivity contribution in [1.29, 1.82) is 0 Å². The maximum absolute atomic E-state index is 12.7. The van der Waals surface area contributed by atoms with Gasteiger partial charge in [0, 0.05) is 25.0 Å². The second kappa shape index (κ2) is 8.88. The molecule has 4 rings (SSSR count). The lowest BCUT2D eigenvalue weighted by Crippen LogP contribution is -2.37. The Morgan fingerprint density at radius 2 is 1.52 bits per heavy atom. The van der Waals surface area contributed by atoms with E-state index in [-0.39, 0.29) is 17.4 Å². The van der Waals surface area contributed by atoms with Crippen molar-refractivity contribution < 1.29 is 19.4 Å². The molecule has 0 spiro atoms. The van der Waals surface area contributed by atoms with E-state index in [2.05, 4.69) is 5.43 Å². The van der Waals surface area contributed by atoms with Gasteiger partial charge in [-0.2, -0.15) is 0 Å². The van der Waals surface area contributed by atoms with Crippen molar-refractivity contribution in [2.75, 3.05) is 0 Å². The first-order valence-electron chi connectivity index (χ1n) is 9.92. The second-order valence-corrected chi connectivity index (χ2v) is 9.56. The number of ether oxygens (including phenoxy) is 1. The number of esters is 1. The van der Waals surface area contributed by atoms with Gasteiger partial charge in [-0.15, -0.1) is 0 Å². The Labute approximate surface area is 182 Å². The highest BCUT2D eigenvalue weighted by Gasteiger charge is 2.46. The number of amides is 1. The van der Waals surface area contributed by atoms with Gasteiger partial charge in [0.1, 0.15) is 17.3 Å². The Hall–Kier alpha value is -3.21. The largest absolute Gasteiger partial charge is 0.508 e. The Bertz CT molecular complexity index is 1110. The summed E-state index contributed by atoms with van der Waals surface area (Å²) in [5.41, 5.74) is 4.82. The van der Waals surface area contributed by atoms with Crippen molar-refractivity contribution in [2.45, 2.75) is 25.4 Å². The molecule has 7 heteroatoms. The number of para-hydroxylation sites is 2. The van der Waals surface area contributed by atoms with Crippen LogP contribution in [-0.2, 0) is 9.59 Å². The number of carbonyl (C=O) groups is 2. The minimum absolute atomic E-state index is 0.137. The first-order chi connectivity index (χ1) is 15.0. The molecule has 0 aromatic heterocycles. The highest BCUT2D eigenvalue weighted by molar-refractivity contribution is 7.66. The number of hydrogen-bond donors (Lipinski definition) is 2. The number of hydrazine groups is 1. The lowest BCUT2D eigenvalue weighted by Gasteiger charge is -2.28. The predicted molar refractivity (Wildman–Crippen MR) is 120 cm³/mol. The molecular weight excluding hydrogens is 411 g/mol. The molecule has 31 heavy (non-hydrogen) atoms. The van der Waals surface area contributed by atoms with Crippen LogP contribution in [0, 0.1) is 0 Å². The number of aromatic hydroxyl groups is 1. The number of phenolic OH excluding ortho intramolecular Hbond substituents is 1. The van der Waals surface area contributed by atoms with E-state index in [9.17, 15) is 14.7 Å². The zero-order valence-electron chi connectivity index (χ0n) is 17.2. The second-order valence-electron chi connectivity index (χ2n) is 7.23. The molecule has 6 nitrogen and oxygen atoms in total. The summed E-state index contributed by atoms with van der Waals surface area (Å²) in [6, 6.07) is 24.4. The summed E-state index contributed by atoms with van der Waals surface area (Å²) in [4.78, 5) is 24.4. The SMILES string of the molecule is CC(=O)Oc1ccccc1C1NN(C(C)=O)[C@H](c2ccccc2O)[P@@]1c1ccccc1. The molecule has 1 unspecified atom stereocenters. The van der Waals surface area contributed by atoms with Crippen LogP contribution in [0.3, 0.4) is 0 Å². The van der Waals surface area contributed by atoms with Crippen molar-refractivity contribution in [1.82, 2.24) is 10.4 Å². The minimum atomic E-state index is -1.11. The molecule has 0 radical (unpaired) electrons. The maximum atomic E-state index is 12.7. The molecule has 1 fully saturated rings. The fraction of sp³-hybridized carbons (Fsp3) is 0.167. The number of carbonyl (C=O) groups excluding carboxylic acids is 2. The van der Waals surface area contributed by atoms with Crippen LogP contribution in [0.4, 0.5) is 0 Å². The van der Waals surface area contributed by atoms with Crippen LogP contribution in [0.1, 0.15) is 36.5 Å². The lowest BCUT2D eigenvalue weighted by molar-refractivity contribution is -0.133. The van der Waals surface area contributed by atoms with Gasteiger partial charge < -0.3 is 9.84 Å². The monoisotopic (exact) mass is 434 g/mol. The van der Waals surface area contributed by atoms with Gasteiger partial charge in [0.25, 0.3) is 0 Å². The normalized spacial score (nSPS) is 20.5. The van der Waals surface area contributed by atoms with Gasteiger partial charge in [0.2, 0.25) is 5.91 Å². The van der Waals surface area contributed by atoms with Gasteiger partial charge in [-0.25, -0.2) is 5.43 Å². The van der Waals surface area contributed by atoms with E-state index in [0.29, 0.717) is 11.3 Å². The van der Waals surface area contributed by atoms with Gasteiger partial charge in [-0.3, -0.25) is 14.6 Å². The third-order valence-electron chi connectivity index (χ3n) is 5.12. The third-order valence-corrected chi connectivity index (χ3v) is 8.00. The van der Waals surface area contributed by atoms with Crippen LogP contribution in [0.2, 0.25) is 0 Å². The van der Waals surface area contributed by atoms with E-state index in [0.717, 1.165) is 10.9 Å². The molecule has 1 amide bonds. The summed E-state index contributed by atoms with van der Waals surface area (Å²) in [7, 11) is -1.11. The fourth-order valence-electron chi connectivity index (χ4n) is 3.85. The summed E-state index contributed by atoms with van der Waals surface area (Å²) in [5.74, 6) is -0.678.